The number of ether oxygens (including phenoxy) is 1. The summed E-state index contributed by atoms with van der Waals surface area (Å²) in [6.45, 7) is 1.79. The van der Waals surface area contributed by atoms with Crippen molar-refractivity contribution in [2.75, 3.05) is 7.11 Å². The van der Waals surface area contributed by atoms with Crippen LogP contribution in [0.5, 0.6) is 5.75 Å². The molecule has 1 heterocycles. The summed E-state index contributed by atoms with van der Waals surface area (Å²) in [4.78, 5) is 13.9. The van der Waals surface area contributed by atoms with Gasteiger partial charge in [0.1, 0.15) is 11.8 Å². The van der Waals surface area contributed by atoms with Crippen molar-refractivity contribution in [2.45, 2.75) is 25.6 Å². The number of alkyl halides is 3. The summed E-state index contributed by atoms with van der Waals surface area (Å²) in [7, 11) is 1.53. The molecule has 0 saturated carbocycles. The van der Waals surface area contributed by atoms with E-state index in [-0.39, 0.29) is 17.2 Å². The number of halogens is 3. The average molecular weight is 390 g/mol. The fourth-order valence-electron chi connectivity index (χ4n) is 2.71. The van der Waals surface area contributed by atoms with Gasteiger partial charge in [-0.1, -0.05) is 19.1 Å². The number of tetrazole rings is 1. The fourth-order valence-corrected chi connectivity index (χ4v) is 2.71. The van der Waals surface area contributed by atoms with Gasteiger partial charge in [0.05, 0.1) is 12.7 Å². The van der Waals surface area contributed by atoms with Gasteiger partial charge in [-0.2, -0.15) is 18.0 Å². The molecule has 1 unspecified atom stereocenters. The minimum Gasteiger partial charge on any atom is -0.497 e. The summed E-state index contributed by atoms with van der Waals surface area (Å²) in [5.41, 5.74) is -0.180. The number of aromatic nitrogens is 4. The van der Waals surface area contributed by atoms with Crippen molar-refractivity contribution in [3.63, 3.8) is 0 Å². The SMILES string of the molecule is CCC(C(=O)c1ccc(OC)cc1)n1nnc(-c2cccc(C(F)(F)F)c2)n1. The van der Waals surface area contributed by atoms with Gasteiger partial charge in [0.2, 0.25) is 5.82 Å². The van der Waals surface area contributed by atoms with Crippen LogP contribution in [0.25, 0.3) is 11.4 Å². The number of rotatable bonds is 6. The van der Waals surface area contributed by atoms with Crippen LogP contribution in [0.1, 0.15) is 35.3 Å². The van der Waals surface area contributed by atoms with Crippen molar-refractivity contribution >= 4 is 5.78 Å². The molecule has 0 aliphatic rings. The van der Waals surface area contributed by atoms with Crippen LogP contribution in [0.3, 0.4) is 0 Å². The van der Waals surface area contributed by atoms with Crippen molar-refractivity contribution in [2.24, 2.45) is 0 Å². The monoisotopic (exact) mass is 390 g/mol. The van der Waals surface area contributed by atoms with Gasteiger partial charge < -0.3 is 4.74 Å². The van der Waals surface area contributed by atoms with Gasteiger partial charge in [-0.05, 0) is 48.0 Å². The summed E-state index contributed by atoms with van der Waals surface area (Å²) in [6, 6.07) is 10.5. The molecule has 9 heteroatoms. The Morgan fingerprint density at radius 3 is 2.50 bits per heavy atom. The number of hydrogen-bond acceptors (Lipinski definition) is 5. The number of carbonyl (C=O) groups is 1. The largest absolute Gasteiger partial charge is 0.497 e. The summed E-state index contributed by atoms with van der Waals surface area (Å²) in [6.07, 6.45) is -4.08. The molecule has 0 saturated heterocycles. The van der Waals surface area contributed by atoms with Gasteiger partial charge in [0, 0.05) is 11.1 Å². The van der Waals surface area contributed by atoms with Crippen LogP contribution in [0, 0.1) is 0 Å². The topological polar surface area (TPSA) is 69.9 Å². The van der Waals surface area contributed by atoms with Crippen LogP contribution in [-0.4, -0.2) is 33.1 Å². The lowest BCUT2D eigenvalue weighted by atomic mass is 10.0. The first-order valence-electron chi connectivity index (χ1n) is 8.49. The predicted molar refractivity (Wildman–Crippen MR) is 94.9 cm³/mol. The number of carbonyl (C=O) groups excluding carboxylic acids is 1. The maximum Gasteiger partial charge on any atom is 0.416 e. The van der Waals surface area contributed by atoms with Gasteiger partial charge in [-0.15, -0.1) is 10.2 Å². The van der Waals surface area contributed by atoms with E-state index in [0.717, 1.165) is 16.9 Å². The molecule has 3 aromatic rings. The number of Topliss-reactive ketones (excluding diaryl/α,β-unsaturated/α-hetero) is 1. The number of benzene rings is 2. The second-order valence-electron chi connectivity index (χ2n) is 6.03. The smallest absolute Gasteiger partial charge is 0.416 e. The molecule has 3 rings (SSSR count). The van der Waals surface area contributed by atoms with Crippen molar-refractivity contribution in [3.8, 4) is 17.1 Å². The Bertz CT molecular complexity index is 968. The molecule has 0 spiro atoms. The summed E-state index contributed by atoms with van der Waals surface area (Å²) < 4.78 is 43.8. The average Bonchev–Trinajstić information content (AvgIpc) is 3.18. The lowest BCUT2D eigenvalue weighted by molar-refractivity contribution is -0.137. The van der Waals surface area contributed by atoms with E-state index in [1.165, 1.54) is 19.2 Å². The third kappa shape index (κ3) is 4.03. The standard InChI is InChI=1S/C19H17F3N4O2/c1-3-16(17(27)12-7-9-15(28-2)10-8-12)26-24-18(23-25-26)13-5-4-6-14(11-13)19(20,21)22/h4-11,16H,3H2,1-2H3. The van der Waals surface area contributed by atoms with E-state index in [4.69, 9.17) is 4.74 Å². The van der Waals surface area contributed by atoms with Crippen molar-refractivity contribution in [3.05, 3.63) is 59.7 Å². The Kier molecular flexibility index (Phi) is 5.43. The first-order valence-corrected chi connectivity index (χ1v) is 8.49. The highest BCUT2D eigenvalue weighted by molar-refractivity contribution is 5.98. The second-order valence-corrected chi connectivity index (χ2v) is 6.03. The third-order valence-corrected chi connectivity index (χ3v) is 4.22. The second kappa shape index (κ2) is 7.79. The molecule has 6 nitrogen and oxygen atoms in total. The fraction of sp³-hybridized carbons (Fsp3) is 0.263. The molecule has 146 valence electrons. The van der Waals surface area contributed by atoms with Gasteiger partial charge in [-0.3, -0.25) is 4.79 Å². The quantitative estimate of drug-likeness (QED) is 0.590. The van der Waals surface area contributed by atoms with Crippen LogP contribution >= 0.6 is 0 Å². The minimum absolute atomic E-state index is 0.0204. The molecule has 0 N–H and O–H groups in total. The number of hydrogen-bond donors (Lipinski definition) is 0. The Morgan fingerprint density at radius 2 is 1.89 bits per heavy atom. The summed E-state index contributed by atoms with van der Waals surface area (Å²) >= 11 is 0. The third-order valence-electron chi connectivity index (χ3n) is 4.22. The van der Waals surface area contributed by atoms with Crippen LogP contribution in [0.4, 0.5) is 13.2 Å². The van der Waals surface area contributed by atoms with E-state index in [2.05, 4.69) is 15.4 Å². The Hall–Kier alpha value is -3.23. The molecule has 0 bridgehead atoms. The van der Waals surface area contributed by atoms with E-state index >= 15 is 0 Å². The summed E-state index contributed by atoms with van der Waals surface area (Å²) in [5, 5.41) is 11.8. The Balaban J connectivity index is 1.87. The zero-order valence-electron chi connectivity index (χ0n) is 15.1. The molecule has 1 atom stereocenters. The zero-order chi connectivity index (χ0) is 20.3. The highest BCUT2D eigenvalue weighted by Crippen LogP contribution is 2.31. The number of ketones is 1. The molecular formula is C19H17F3N4O2. The lowest BCUT2D eigenvalue weighted by Gasteiger charge is -2.12. The van der Waals surface area contributed by atoms with E-state index in [9.17, 15) is 18.0 Å². The maximum absolute atomic E-state index is 12.9. The van der Waals surface area contributed by atoms with Crippen molar-refractivity contribution in [1.82, 2.24) is 20.2 Å². The zero-order valence-corrected chi connectivity index (χ0v) is 15.1. The molecule has 2 aromatic carbocycles. The van der Waals surface area contributed by atoms with Gasteiger partial charge in [0.15, 0.2) is 5.78 Å². The van der Waals surface area contributed by atoms with Crippen molar-refractivity contribution in [1.29, 1.82) is 0 Å². The molecular weight excluding hydrogens is 373 g/mol. The Labute approximate surface area is 158 Å². The minimum atomic E-state index is -4.47. The van der Waals surface area contributed by atoms with Crippen LogP contribution in [0.15, 0.2) is 48.5 Å². The molecule has 0 radical (unpaired) electrons. The molecule has 0 fully saturated rings. The molecule has 0 amide bonds. The molecule has 0 aliphatic carbocycles. The van der Waals surface area contributed by atoms with Gasteiger partial charge >= 0.3 is 6.18 Å². The summed E-state index contributed by atoms with van der Waals surface area (Å²) in [5.74, 6) is 0.417. The van der Waals surface area contributed by atoms with Crippen LogP contribution < -0.4 is 4.74 Å². The van der Waals surface area contributed by atoms with Crippen LogP contribution in [-0.2, 0) is 6.18 Å². The van der Waals surface area contributed by atoms with Crippen molar-refractivity contribution < 1.29 is 22.7 Å². The van der Waals surface area contributed by atoms with E-state index in [1.54, 1.807) is 31.2 Å². The molecule has 1 aromatic heterocycles. The first kappa shape index (κ1) is 19.5. The number of nitrogens with zero attached hydrogens (tertiary/aromatic N) is 4. The van der Waals surface area contributed by atoms with Gasteiger partial charge in [-0.25, -0.2) is 0 Å². The Morgan fingerprint density at radius 1 is 1.18 bits per heavy atom. The number of methoxy groups -OCH3 is 1. The first-order chi connectivity index (χ1) is 13.3. The van der Waals surface area contributed by atoms with E-state index in [0.29, 0.717) is 17.7 Å². The molecule has 28 heavy (non-hydrogen) atoms. The normalized spacial score (nSPS) is 12.6. The van der Waals surface area contributed by atoms with Gasteiger partial charge in [0.25, 0.3) is 0 Å². The highest BCUT2D eigenvalue weighted by Gasteiger charge is 2.31. The predicted octanol–water partition coefficient (Wildman–Crippen LogP) is 4.20. The van der Waals surface area contributed by atoms with E-state index < -0.39 is 17.8 Å². The van der Waals surface area contributed by atoms with Crippen LogP contribution in [0.2, 0.25) is 0 Å². The van der Waals surface area contributed by atoms with E-state index in [1.807, 2.05) is 0 Å². The highest BCUT2D eigenvalue weighted by atomic mass is 19.4. The maximum atomic E-state index is 12.9. The lowest BCUT2D eigenvalue weighted by Crippen LogP contribution is -2.21. The molecule has 0 aliphatic heterocycles.